The van der Waals surface area contributed by atoms with Gasteiger partial charge in [0.05, 0.1) is 7.11 Å². The maximum absolute atomic E-state index is 11.9. The minimum atomic E-state index is -0.462. The van der Waals surface area contributed by atoms with E-state index in [4.69, 9.17) is 0 Å². The Balaban J connectivity index is 2.33. The van der Waals surface area contributed by atoms with Crippen LogP contribution in [0, 0.1) is 5.92 Å². The monoisotopic (exact) mass is 306 g/mol. The van der Waals surface area contributed by atoms with Crippen LogP contribution in [0.4, 0.5) is 0 Å². The fraction of sp³-hybridized carbons (Fsp3) is 0.588. The number of methoxy groups -OCH3 is 1. The molecule has 0 fully saturated rings. The quantitative estimate of drug-likeness (QED) is 0.562. The Bertz CT molecular complexity index is 471. The summed E-state index contributed by atoms with van der Waals surface area (Å²) in [4.78, 5) is 27.2. The van der Waals surface area contributed by atoms with E-state index in [1.807, 2.05) is 0 Å². The van der Waals surface area contributed by atoms with Crippen LogP contribution in [0.5, 0.6) is 0 Å². The molecule has 1 amide bonds. The van der Waals surface area contributed by atoms with Gasteiger partial charge in [0.15, 0.2) is 0 Å². The van der Waals surface area contributed by atoms with Crippen LogP contribution < -0.4 is 5.32 Å². The van der Waals surface area contributed by atoms with Gasteiger partial charge in [-0.25, -0.2) is 9.78 Å². The summed E-state index contributed by atoms with van der Waals surface area (Å²) in [5.41, 5.74) is 1.13. The number of pyridine rings is 1. The molecule has 0 saturated heterocycles. The predicted molar refractivity (Wildman–Crippen MR) is 85.3 cm³/mol. The molecule has 5 heteroatoms. The fourth-order valence-corrected chi connectivity index (χ4v) is 2.19. The Hall–Kier alpha value is -1.91. The second-order valence-electron chi connectivity index (χ2n) is 5.63. The Morgan fingerprint density at radius 2 is 2.09 bits per heavy atom. The van der Waals surface area contributed by atoms with Crippen molar-refractivity contribution >= 4 is 11.9 Å². The highest BCUT2D eigenvalue weighted by Crippen LogP contribution is 2.12. The van der Waals surface area contributed by atoms with Crippen molar-refractivity contribution in [1.29, 1.82) is 0 Å². The third-order valence-corrected chi connectivity index (χ3v) is 3.54. The highest BCUT2D eigenvalue weighted by atomic mass is 16.5. The number of rotatable bonds is 9. The zero-order valence-corrected chi connectivity index (χ0v) is 13.7. The molecular weight excluding hydrogens is 280 g/mol. The number of carbonyl (C=O) groups excluding carboxylic acids is 2. The van der Waals surface area contributed by atoms with Crippen LogP contribution in [-0.2, 0) is 16.1 Å². The number of esters is 1. The van der Waals surface area contributed by atoms with Crippen LogP contribution in [-0.4, -0.2) is 24.0 Å². The fourth-order valence-electron chi connectivity index (χ4n) is 2.19. The summed E-state index contributed by atoms with van der Waals surface area (Å²) in [6, 6.07) is 3.37. The predicted octanol–water partition coefficient (Wildman–Crippen LogP) is 3.09. The maximum Gasteiger partial charge on any atom is 0.356 e. The van der Waals surface area contributed by atoms with Crippen LogP contribution in [0.15, 0.2) is 18.3 Å². The number of carbonyl (C=O) groups is 2. The second-order valence-corrected chi connectivity index (χ2v) is 5.63. The van der Waals surface area contributed by atoms with E-state index in [0.29, 0.717) is 18.9 Å². The van der Waals surface area contributed by atoms with Gasteiger partial charge in [0.1, 0.15) is 5.69 Å². The highest BCUT2D eigenvalue weighted by molar-refractivity contribution is 5.87. The van der Waals surface area contributed by atoms with E-state index in [1.165, 1.54) is 26.4 Å². The number of hydrogen-bond acceptors (Lipinski definition) is 4. The first-order chi connectivity index (χ1) is 10.6. The number of unbranched alkanes of at least 4 members (excludes halogenated alkanes) is 2. The van der Waals surface area contributed by atoms with E-state index in [0.717, 1.165) is 12.0 Å². The molecule has 1 heterocycles. The molecule has 122 valence electrons. The smallest absolute Gasteiger partial charge is 0.356 e. The van der Waals surface area contributed by atoms with Gasteiger partial charge >= 0.3 is 5.97 Å². The van der Waals surface area contributed by atoms with Gasteiger partial charge in [-0.1, -0.05) is 45.6 Å². The molecule has 5 nitrogen and oxygen atoms in total. The summed E-state index contributed by atoms with van der Waals surface area (Å²) in [6.07, 6.45) is 6.84. The van der Waals surface area contributed by atoms with Crippen LogP contribution >= 0.6 is 0 Å². The van der Waals surface area contributed by atoms with Gasteiger partial charge in [-0.2, -0.15) is 0 Å². The normalized spacial score (nSPS) is 11.8. The Morgan fingerprint density at radius 3 is 2.68 bits per heavy atom. The molecule has 22 heavy (non-hydrogen) atoms. The molecule has 1 N–H and O–H groups in total. The molecule has 1 aromatic heterocycles. The molecule has 0 aliphatic heterocycles. The average Bonchev–Trinajstić information content (AvgIpc) is 2.53. The Morgan fingerprint density at radius 1 is 1.32 bits per heavy atom. The lowest BCUT2D eigenvalue weighted by atomic mass is 9.99. The van der Waals surface area contributed by atoms with E-state index in [1.54, 1.807) is 18.3 Å². The minimum Gasteiger partial charge on any atom is -0.464 e. The van der Waals surface area contributed by atoms with Crippen molar-refractivity contribution in [1.82, 2.24) is 10.3 Å². The van der Waals surface area contributed by atoms with Gasteiger partial charge < -0.3 is 10.1 Å². The zero-order chi connectivity index (χ0) is 16.4. The summed E-state index contributed by atoms with van der Waals surface area (Å²) >= 11 is 0. The van der Waals surface area contributed by atoms with Crippen molar-refractivity contribution in [2.24, 2.45) is 5.92 Å². The third kappa shape index (κ3) is 6.70. The molecule has 0 bridgehead atoms. The van der Waals surface area contributed by atoms with Crippen LogP contribution in [0.25, 0.3) is 0 Å². The topological polar surface area (TPSA) is 68.3 Å². The summed E-state index contributed by atoms with van der Waals surface area (Å²) in [5.74, 6) is 0.00362. The molecule has 0 radical (unpaired) electrons. The van der Waals surface area contributed by atoms with Crippen LogP contribution in [0.3, 0.4) is 0 Å². The Kier molecular flexibility index (Phi) is 8.18. The van der Waals surface area contributed by atoms with Gasteiger partial charge in [0.25, 0.3) is 0 Å². The van der Waals surface area contributed by atoms with E-state index < -0.39 is 5.97 Å². The molecule has 1 aromatic rings. The van der Waals surface area contributed by atoms with Crippen molar-refractivity contribution in [3.8, 4) is 0 Å². The third-order valence-electron chi connectivity index (χ3n) is 3.54. The van der Waals surface area contributed by atoms with Gasteiger partial charge in [-0.15, -0.1) is 0 Å². The highest BCUT2D eigenvalue weighted by Gasteiger charge is 2.10. The standard InChI is InChI=1S/C17H26N2O3/c1-4-5-6-7-13(2)10-16(20)19-12-14-8-9-15(18-11-14)17(21)22-3/h8-9,11,13H,4-7,10,12H2,1-3H3,(H,19,20). The molecule has 0 aliphatic rings. The summed E-state index contributed by atoms with van der Waals surface area (Å²) in [7, 11) is 1.32. The van der Waals surface area contributed by atoms with E-state index >= 15 is 0 Å². The number of nitrogens with one attached hydrogen (secondary N) is 1. The van der Waals surface area contributed by atoms with Gasteiger partial charge in [0.2, 0.25) is 5.91 Å². The van der Waals surface area contributed by atoms with Crippen LogP contribution in [0.1, 0.15) is 62.0 Å². The van der Waals surface area contributed by atoms with E-state index in [9.17, 15) is 9.59 Å². The number of nitrogens with zero attached hydrogens (tertiary/aromatic N) is 1. The summed E-state index contributed by atoms with van der Waals surface area (Å²) < 4.78 is 4.59. The zero-order valence-electron chi connectivity index (χ0n) is 13.7. The molecule has 1 unspecified atom stereocenters. The lowest BCUT2D eigenvalue weighted by molar-refractivity contribution is -0.122. The molecule has 1 rings (SSSR count). The first-order valence-corrected chi connectivity index (χ1v) is 7.86. The SMILES string of the molecule is CCCCCC(C)CC(=O)NCc1ccc(C(=O)OC)nc1. The van der Waals surface area contributed by atoms with Gasteiger partial charge in [0, 0.05) is 19.2 Å². The molecule has 0 aromatic carbocycles. The average molecular weight is 306 g/mol. The number of ether oxygens (including phenoxy) is 1. The number of amides is 1. The van der Waals surface area contributed by atoms with Crippen molar-refractivity contribution in [3.05, 3.63) is 29.6 Å². The second kappa shape index (κ2) is 9.92. The lowest BCUT2D eigenvalue weighted by Crippen LogP contribution is -2.24. The van der Waals surface area contributed by atoms with Crippen molar-refractivity contribution in [2.45, 2.75) is 52.5 Å². The van der Waals surface area contributed by atoms with Gasteiger partial charge in [-0.3, -0.25) is 4.79 Å². The van der Waals surface area contributed by atoms with E-state index in [2.05, 4.69) is 28.9 Å². The molecule has 0 aliphatic carbocycles. The molecule has 0 spiro atoms. The van der Waals surface area contributed by atoms with Crippen molar-refractivity contribution < 1.29 is 14.3 Å². The lowest BCUT2D eigenvalue weighted by Gasteiger charge is -2.11. The largest absolute Gasteiger partial charge is 0.464 e. The minimum absolute atomic E-state index is 0.0565. The number of aromatic nitrogens is 1. The molecule has 0 saturated carbocycles. The number of hydrogen-bond donors (Lipinski definition) is 1. The van der Waals surface area contributed by atoms with Crippen molar-refractivity contribution in [3.63, 3.8) is 0 Å². The summed E-state index contributed by atoms with van der Waals surface area (Å²) in [5, 5.41) is 2.89. The molecule has 1 atom stereocenters. The Labute approximate surface area is 132 Å². The van der Waals surface area contributed by atoms with Crippen molar-refractivity contribution in [2.75, 3.05) is 7.11 Å². The first kappa shape index (κ1) is 18.1. The first-order valence-electron chi connectivity index (χ1n) is 7.86. The van der Waals surface area contributed by atoms with Crippen LogP contribution in [0.2, 0.25) is 0 Å². The maximum atomic E-state index is 11.9. The van der Waals surface area contributed by atoms with E-state index in [-0.39, 0.29) is 11.6 Å². The molecular formula is C17H26N2O3. The van der Waals surface area contributed by atoms with Gasteiger partial charge in [-0.05, 0) is 17.5 Å². The summed E-state index contributed by atoms with van der Waals surface area (Å²) in [6.45, 7) is 4.72.